The highest BCUT2D eigenvalue weighted by Crippen LogP contribution is 2.24. The Hall–Kier alpha value is -0.840. The fraction of sp³-hybridized carbons (Fsp3) is 0. The summed E-state index contributed by atoms with van der Waals surface area (Å²) in [5.74, 6) is 0. The van der Waals surface area contributed by atoms with Crippen molar-refractivity contribution in [3.8, 4) is 10.6 Å². The summed E-state index contributed by atoms with van der Waals surface area (Å²) in [5.41, 5.74) is 1.91. The first-order valence-corrected chi connectivity index (χ1v) is 5.77. The number of halogens is 2. The van der Waals surface area contributed by atoms with Gasteiger partial charge in [0.2, 0.25) is 0 Å². The van der Waals surface area contributed by atoms with Gasteiger partial charge in [-0.25, -0.2) is 4.98 Å². The standard InChI is InChI=1S/C11H7ClN2S.BrH/c12-8-3-4-11-13-9(7-14(11)6-8)10-2-1-5-15-10;/h1-7H;1H. The molecule has 0 aliphatic carbocycles. The van der Waals surface area contributed by atoms with Gasteiger partial charge < -0.3 is 4.40 Å². The molecular weight excluding hydrogens is 308 g/mol. The molecule has 0 atom stereocenters. The lowest BCUT2D eigenvalue weighted by molar-refractivity contribution is 1.19. The van der Waals surface area contributed by atoms with Gasteiger partial charge in [0.25, 0.3) is 0 Å². The molecule has 5 heteroatoms. The minimum atomic E-state index is 0. The monoisotopic (exact) mass is 314 g/mol. The van der Waals surface area contributed by atoms with Gasteiger partial charge in [-0.1, -0.05) is 17.7 Å². The Bertz CT molecular complexity index is 604. The van der Waals surface area contributed by atoms with Crippen molar-refractivity contribution < 1.29 is 0 Å². The molecule has 0 saturated heterocycles. The molecular formula is C11H8BrClN2S. The van der Waals surface area contributed by atoms with Crippen LogP contribution in [0.15, 0.2) is 42.0 Å². The molecule has 0 bridgehead atoms. The molecule has 3 aromatic rings. The zero-order chi connectivity index (χ0) is 10.3. The molecule has 0 fully saturated rings. The van der Waals surface area contributed by atoms with Crippen LogP contribution in [-0.4, -0.2) is 9.38 Å². The van der Waals surface area contributed by atoms with Crippen LogP contribution in [0.3, 0.4) is 0 Å². The van der Waals surface area contributed by atoms with Crippen molar-refractivity contribution in [1.29, 1.82) is 0 Å². The molecule has 3 heterocycles. The highest BCUT2D eigenvalue weighted by atomic mass is 79.9. The van der Waals surface area contributed by atoms with Crippen LogP contribution in [0.25, 0.3) is 16.2 Å². The Morgan fingerprint density at radius 1 is 1.19 bits per heavy atom. The van der Waals surface area contributed by atoms with Crippen molar-refractivity contribution in [2.75, 3.05) is 0 Å². The van der Waals surface area contributed by atoms with Crippen LogP contribution in [-0.2, 0) is 0 Å². The number of thiophene rings is 1. The van der Waals surface area contributed by atoms with Gasteiger partial charge in [-0.2, -0.15) is 0 Å². The Morgan fingerprint density at radius 3 is 2.81 bits per heavy atom. The summed E-state index contributed by atoms with van der Waals surface area (Å²) in [6.07, 6.45) is 3.86. The third kappa shape index (κ3) is 2.00. The maximum absolute atomic E-state index is 5.91. The molecule has 0 spiro atoms. The van der Waals surface area contributed by atoms with Crippen LogP contribution < -0.4 is 0 Å². The van der Waals surface area contributed by atoms with Crippen LogP contribution in [0.2, 0.25) is 5.02 Å². The van der Waals surface area contributed by atoms with Gasteiger partial charge in [-0.15, -0.1) is 28.3 Å². The van der Waals surface area contributed by atoms with E-state index < -0.39 is 0 Å². The summed E-state index contributed by atoms with van der Waals surface area (Å²) in [4.78, 5) is 5.69. The topological polar surface area (TPSA) is 17.3 Å². The Balaban J connectivity index is 0.000000963. The molecule has 0 aromatic carbocycles. The van der Waals surface area contributed by atoms with E-state index in [2.05, 4.69) is 11.1 Å². The van der Waals surface area contributed by atoms with E-state index in [1.807, 2.05) is 40.4 Å². The summed E-state index contributed by atoms with van der Waals surface area (Å²) in [5, 5.41) is 2.77. The average Bonchev–Trinajstić information content (AvgIpc) is 2.84. The molecule has 0 aliphatic heterocycles. The van der Waals surface area contributed by atoms with Crippen molar-refractivity contribution >= 4 is 45.6 Å². The van der Waals surface area contributed by atoms with Gasteiger partial charge in [0.15, 0.2) is 0 Å². The lowest BCUT2D eigenvalue weighted by Gasteiger charge is -1.91. The number of fused-ring (bicyclic) bond motifs is 1. The van der Waals surface area contributed by atoms with Crippen molar-refractivity contribution in [3.05, 3.63) is 47.1 Å². The number of imidazole rings is 1. The second kappa shape index (κ2) is 4.57. The lowest BCUT2D eigenvalue weighted by Crippen LogP contribution is -1.79. The second-order valence-electron chi connectivity index (χ2n) is 3.22. The van der Waals surface area contributed by atoms with Crippen molar-refractivity contribution in [3.63, 3.8) is 0 Å². The zero-order valence-corrected chi connectivity index (χ0v) is 11.4. The van der Waals surface area contributed by atoms with E-state index in [0.29, 0.717) is 0 Å². The first-order chi connectivity index (χ1) is 7.33. The molecule has 0 radical (unpaired) electrons. The van der Waals surface area contributed by atoms with E-state index in [0.717, 1.165) is 16.4 Å². The maximum atomic E-state index is 5.91. The largest absolute Gasteiger partial charge is 0.305 e. The number of hydrogen-bond donors (Lipinski definition) is 0. The predicted octanol–water partition coefficient (Wildman–Crippen LogP) is 4.29. The number of pyridine rings is 1. The second-order valence-corrected chi connectivity index (χ2v) is 4.60. The van der Waals surface area contributed by atoms with Gasteiger partial charge in [0, 0.05) is 12.4 Å². The van der Waals surface area contributed by atoms with E-state index in [4.69, 9.17) is 11.6 Å². The molecule has 0 amide bonds. The Labute approximate surface area is 112 Å². The van der Waals surface area contributed by atoms with Crippen molar-refractivity contribution in [1.82, 2.24) is 9.38 Å². The van der Waals surface area contributed by atoms with Crippen LogP contribution >= 0.6 is 39.9 Å². The van der Waals surface area contributed by atoms with Crippen molar-refractivity contribution in [2.45, 2.75) is 0 Å². The minimum absolute atomic E-state index is 0. The minimum Gasteiger partial charge on any atom is -0.305 e. The summed E-state index contributed by atoms with van der Waals surface area (Å²) >= 11 is 7.59. The fourth-order valence-corrected chi connectivity index (χ4v) is 2.36. The van der Waals surface area contributed by atoms with E-state index in [1.54, 1.807) is 11.3 Å². The normalized spacial score (nSPS) is 10.3. The molecule has 3 rings (SSSR count). The summed E-state index contributed by atoms with van der Waals surface area (Å²) < 4.78 is 1.94. The molecule has 0 saturated carbocycles. The van der Waals surface area contributed by atoms with Gasteiger partial charge in [-0.05, 0) is 23.6 Å². The number of aromatic nitrogens is 2. The highest BCUT2D eigenvalue weighted by Gasteiger charge is 2.04. The number of nitrogens with zero attached hydrogens (tertiary/aromatic N) is 2. The zero-order valence-electron chi connectivity index (χ0n) is 8.13. The Morgan fingerprint density at radius 2 is 2.06 bits per heavy atom. The maximum Gasteiger partial charge on any atom is 0.137 e. The number of rotatable bonds is 1. The number of hydrogen-bond acceptors (Lipinski definition) is 2. The molecule has 0 N–H and O–H groups in total. The van der Waals surface area contributed by atoms with E-state index in [1.165, 1.54) is 4.88 Å². The van der Waals surface area contributed by atoms with E-state index >= 15 is 0 Å². The smallest absolute Gasteiger partial charge is 0.137 e. The molecule has 82 valence electrons. The molecule has 2 nitrogen and oxygen atoms in total. The third-order valence-corrected chi connectivity index (χ3v) is 3.30. The summed E-state index contributed by atoms with van der Waals surface area (Å²) in [6.45, 7) is 0. The van der Waals surface area contributed by atoms with Crippen LogP contribution in [0.5, 0.6) is 0 Å². The van der Waals surface area contributed by atoms with Crippen LogP contribution in [0, 0.1) is 0 Å². The van der Waals surface area contributed by atoms with Gasteiger partial charge in [-0.3, -0.25) is 0 Å². The van der Waals surface area contributed by atoms with E-state index in [-0.39, 0.29) is 17.0 Å². The third-order valence-electron chi connectivity index (χ3n) is 2.19. The van der Waals surface area contributed by atoms with Crippen molar-refractivity contribution in [2.24, 2.45) is 0 Å². The lowest BCUT2D eigenvalue weighted by atomic mass is 10.4. The molecule has 16 heavy (non-hydrogen) atoms. The molecule has 0 aliphatic rings. The first-order valence-electron chi connectivity index (χ1n) is 4.51. The highest BCUT2D eigenvalue weighted by molar-refractivity contribution is 8.93. The quantitative estimate of drug-likeness (QED) is 0.654. The van der Waals surface area contributed by atoms with Crippen LogP contribution in [0.4, 0.5) is 0 Å². The van der Waals surface area contributed by atoms with Gasteiger partial charge in [0.05, 0.1) is 15.6 Å². The molecule has 3 aromatic heterocycles. The first kappa shape index (κ1) is 11.6. The van der Waals surface area contributed by atoms with E-state index in [9.17, 15) is 0 Å². The van der Waals surface area contributed by atoms with Gasteiger partial charge >= 0.3 is 0 Å². The summed E-state index contributed by atoms with van der Waals surface area (Å²) in [6, 6.07) is 7.85. The fourth-order valence-electron chi connectivity index (χ4n) is 1.51. The van der Waals surface area contributed by atoms with Crippen LogP contribution in [0.1, 0.15) is 0 Å². The Kier molecular flexibility index (Phi) is 3.33. The molecule has 0 unspecified atom stereocenters. The summed E-state index contributed by atoms with van der Waals surface area (Å²) in [7, 11) is 0. The predicted molar refractivity (Wildman–Crippen MR) is 73.8 cm³/mol. The average molecular weight is 316 g/mol. The van der Waals surface area contributed by atoms with Gasteiger partial charge in [0.1, 0.15) is 5.65 Å². The SMILES string of the molecule is Br.Clc1ccc2nc(-c3cccs3)cn2c1.